The molecule has 0 spiro atoms. The van der Waals surface area contributed by atoms with Gasteiger partial charge in [0.15, 0.2) is 0 Å². The molecular formula is C18H19N3O4S. The zero-order chi connectivity index (χ0) is 18.7. The second kappa shape index (κ2) is 7.17. The molecule has 1 aromatic heterocycles. The maximum Gasteiger partial charge on any atom is 0.262 e. The number of ether oxygens (including phenoxy) is 1. The van der Waals surface area contributed by atoms with Crippen LogP contribution in [0.2, 0.25) is 0 Å². The lowest BCUT2D eigenvalue weighted by Crippen LogP contribution is -2.15. The van der Waals surface area contributed by atoms with E-state index in [-0.39, 0.29) is 4.90 Å². The summed E-state index contributed by atoms with van der Waals surface area (Å²) < 4.78 is 38.9. The maximum absolute atomic E-state index is 12.9. The predicted octanol–water partition coefficient (Wildman–Crippen LogP) is 3.55. The molecule has 136 valence electrons. The average molecular weight is 373 g/mol. The number of hydrogen-bond donors (Lipinski definition) is 1. The first-order valence-corrected chi connectivity index (χ1v) is 9.55. The predicted molar refractivity (Wildman–Crippen MR) is 97.6 cm³/mol. The lowest BCUT2D eigenvalue weighted by Gasteiger charge is -2.14. The van der Waals surface area contributed by atoms with Crippen LogP contribution in [0, 0.1) is 13.8 Å². The van der Waals surface area contributed by atoms with Crippen molar-refractivity contribution in [3.05, 3.63) is 53.9 Å². The number of benzene rings is 2. The normalized spacial score (nSPS) is 11.3. The highest BCUT2D eigenvalue weighted by Gasteiger charge is 2.20. The Morgan fingerprint density at radius 1 is 1.15 bits per heavy atom. The first kappa shape index (κ1) is 17.9. The molecule has 1 heterocycles. The summed E-state index contributed by atoms with van der Waals surface area (Å²) in [5.41, 5.74) is 1.55. The van der Waals surface area contributed by atoms with Crippen molar-refractivity contribution in [2.75, 3.05) is 11.3 Å². The van der Waals surface area contributed by atoms with E-state index in [0.29, 0.717) is 40.9 Å². The number of para-hydroxylation sites is 2. The van der Waals surface area contributed by atoms with Crippen LogP contribution in [0.4, 0.5) is 5.69 Å². The Balaban J connectivity index is 1.99. The fraction of sp³-hybridized carbons (Fsp3) is 0.222. The molecule has 26 heavy (non-hydrogen) atoms. The SMILES string of the molecule is CCOc1ccccc1NS(=O)(=O)c1cc(-c2noc(C)n2)ccc1C. The molecule has 0 aliphatic carbocycles. The van der Waals surface area contributed by atoms with E-state index in [9.17, 15) is 8.42 Å². The van der Waals surface area contributed by atoms with Gasteiger partial charge in [-0.2, -0.15) is 4.98 Å². The maximum atomic E-state index is 12.9. The average Bonchev–Trinajstić information content (AvgIpc) is 3.03. The van der Waals surface area contributed by atoms with E-state index >= 15 is 0 Å². The molecule has 1 N–H and O–H groups in total. The van der Waals surface area contributed by atoms with Gasteiger partial charge in [0.1, 0.15) is 5.75 Å². The summed E-state index contributed by atoms with van der Waals surface area (Å²) in [5, 5.41) is 3.84. The molecule has 0 saturated heterocycles. The van der Waals surface area contributed by atoms with Crippen molar-refractivity contribution in [1.29, 1.82) is 0 Å². The molecule has 0 saturated carbocycles. The molecule has 0 radical (unpaired) electrons. The van der Waals surface area contributed by atoms with Gasteiger partial charge in [0.2, 0.25) is 11.7 Å². The molecule has 0 bridgehead atoms. The first-order valence-electron chi connectivity index (χ1n) is 8.06. The largest absolute Gasteiger partial charge is 0.492 e. The highest BCUT2D eigenvalue weighted by atomic mass is 32.2. The summed E-state index contributed by atoms with van der Waals surface area (Å²) in [4.78, 5) is 4.29. The summed E-state index contributed by atoms with van der Waals surface area (Å²) in [5.74, 6) is 1.23. The molecule has 0 aliphatic rings. The van der Waals surface area contributed by atoms with Crippen LogP contribution in [0.1, 0.15) is 18.4 Å². The van der Waals surface area contributed by atoms with Crippen molar-refractivity contribution in [3.63, 3.8) is 0 Å². The summed E-state index contributed by atoms with van der Waals surface area (Å²) in [6.07, 6.45) is 0. The Bertz CT molecular complexity index is 1030. The zero-order valence-electron chi connectivity index (χ0n) is 14.7. The summed E-state index contributed by atoms with van der Waals surface area (Å²) in [7, 11) is -3.82. The van der Waals surface area contributed by atoms with Crippen LogP contribution in [-0.4, -0.2) is 25.2 Å². The molecule has 0 aliphatic heterocycles. The van der Waals surface area contributed by atoms with Crippen LogP contribution < -0.4 is 9.46 Å². The molecule has 0 amide bonds. The van der Waals surface area contributed by atoms with Crippen molar-refractivity contribution in [2.45, 2.75) is 25.7 Å². The smallest absolute Gasteiger partial charge is 0.262 e. The fourth-order valence-electron chi connectivity index (χ4n) is 2.48. The van der Waals surface area contributed by atoms with Gasteiger partial charge in [-0.05, 0) is 37.6 Å². The molecular weight excluding hydrogens is 354 g/mol. The van der Waals surface area contributed by atoms with E-state index in [1.807, 2.05) is 6.92 Å². The number of aromatic nitrogens is 2. The first-order chi connectivity index (χ1) is 12.4. The van der Waals surface area contributed by atoms with Crippen LogP contribution >= 0.6 is 0 Å². The standard InChI is InChI=1S/C18H19N3O4S/c1-4-24-16-8-6-5-7-15(16)21-26(22,23)17-11-14(10-9-12(17)2)18-19-13(3)25-20-18/h5-11,21H,4H2,1-3H3. The van der Waals surface area contributed by atoms with Gasteiger partial charge in [0.25, 0.3) is 10.0 Å². The summed E-state index contributed by atoms with van der Waals surface area (Å²) in [6, 6.07) is 11.9. The van der Waals surface area contributed by atoms with Crippen molar-refractivity contribution in [1.82, 2.24) is 10.1 Å². The van der Waals surface area contributed by atoms with Gasteiger partial charge in [-0.1, -0.05) is 29.4 Å². The fourth-order valence-corrected chi connectivity index (χ4v) is 3.82. The molecule has 0 atom stereocenters. The Kier molecular flexibility index (Phi) is 4.94. The Morgan fingerprint density at radius 2 is 1.92 bits per heavy atom. The minimum absolute atomic E-state index is 0.142. The third kappa shape index (κ3) is 3.70. The molecule has 3 aromatic rings. The van der Waals surface area contributed by atoms with Gasteiger partial charge < -0.3 is 9.26 Å². The lowest BCUT2D eigenvalue weighted by atomic mass is 10.1. The van der Waals surface area contributed by atoms with Crippen molar-refractivity contribution in [2.24, 2.45) is 0 Å². The number of nitrogens with zero attached hydrogens (tertiary/aromatic N) is 2. The van der Waals surface area contributed by atoms with E-state index in [2.05, 4.69) is 14.9 Å². The summed E-state index contributed by atoms with van der Waals surface area (Å²) in [6.45, 7) is 5.68. The van der Waals surface area contributed by atoms with E-state index in [1.165, 1.54) is 6.07 Å². The van der Waals surface area contributed by atoms with Crippen LogP contribution in [0.3, 0.4) is 0 Å². The number of hydrogen-bond acceptors (Lipinski definition) is 6. The van der Waals surface area contributed by atoms with Crippen LogP contribution in [0.15, 0.2) is 51.9 Å². The van der Waals surface area contributed by atoms with Gasteiger partial charge in [-0.3, -0.25) is 4.72 Å². The number of sulfonamides is 1. The quantitative estimate of drug-likeness (QED) is 0.710. The topological polar surface area (TPSA) is 94.3 Å². The lowest BCUT2D eigenvalue weighted by molar-refractivity contribution is 0.342. The molecule has 7 nitrogen and oxygen atoms in total. The van der Waals surface area contributed by atoms with E-state index in [4.69, 9.17) is 9.26 Å². The molecule has 3 rings (SSSR count). The van der Waals surface area contributed by atoms with Crippen molar-refractivity contribution < 1.29 is 17.7 Å². The van der Waals surface area contributed by atoms with Gasteiger partial charge in [-0.25, -0.2) is 8.42 Å². The third-order valence-corrected chi connectivity index (χ3v) is 5.20. The molecule has 0 unspecified atom stereocenters. The molecule has 2 aromatic carbocycles. The van der Waals surface area contributed by atoms with Gasteiger partial charge >= 0.3 is 0 Å². The second-order valence-electron chi connectivity index (χ2n) is 5.65. The van der Waals surface area contributed by atoms with Crippen molar-refractivity contribution in [3.8, 4) is 17.1 Å². The highest BCUT2D eigenvalue weighted by Crippen LogP contribution is 2.29. The Hall–Kier alpha value is -2.87. The molecule has 0 fully saturated rings. The summed E-state index contributed by atoms with van der Waals surface area (Å²) >= 11 is 0. The Labute approximate surface area is 152 Å². The van der Waals surface area contributed by atoms with Gasteiger partial charge in [0, 0.05) is 12.5 Å². The van der Waals surface area contributed by atoms with Gasteiger partial charge in [-0.15, -0.1) is 0 Å². The number of anilines is 1. The zero-order valence-corrected chi connectivity index (χ0v) is 15.5. The van der Waals surface area contributed by atoms with Crippen LogP contribution in [-0.2, 0) is 10.0 Å². The van der Waals surface area contributed by atoms with Crippen LogP contribution in [0.5, 0.6) is 5.75 Å². The molecule has 8 heteroatoms. The van der Waals surface area contributed by atoms with E-state index in [1.54, 1.807) is 50.2 Å². The van der Waals surface area contributed by atoms with E-state index < -0.39 is 10.0 Å². The van der Waals surface area contributed by atoms with Crippen molar-refractivity contribution >= 4 is 15.7 Å². The van der Waals surface area contributed by atoms with E-state index in [0.717, 1.165) is 0 Å². The number of aryl methyl sites for hydroxylation is 2. The number of rotatable bonds is 6. The number of nitrogens with one attached hydrogen (secondary N) is 1. The highest BCUT2D eigenvalue weighted by molar-refractivity contribution is 7.92. The van der Waals surface area contributed by atoms with Gasteiger partial charge in [0.05, 0.1) is 17.2 Å². The van der Waals surface area contributed by atoms with Crippen LogP contribution in [0.25, 0.3) is 11.4 Å². The Morgan fingerprint density at radius 3 is 2.62 bits per heavy atom. The minimum Gasteiger partial charge on any atom is -0.492 e. The third-order valence-electron chi connectivity index (χ3n) is 3.69. The minimum atomic E-state index is -3.82. The monoisotopic (exact) mass is 373 g/mol. The second-order valence-corrected chi connectivity index (χ2v) is 7.30.